The van der Waals surface area contributed by atoms with E-state index in [1.54, 1.807) is 0 Å². The fourth-order valence-corrected chi connectivity index (χ4v) is 3.30. The van der Waals surface area contributed by atoms with Crippen LogP contribution in [-0.2, 0) is 18.9 Å². The zero-order valence-corrected chi connectivity index (χ0v) is 14.2. The van der Waals surface area contributed by atoms with Gasteiger partial charge in [0, 0.05) is 18.6 Å². The van der Waals surface area contributed by atoms with Crippen LogP contribution in [0.4, 0.5) is 26.3 Å². The Balaban J connectivity index is 1.79. The summed E-state index contributed by atoms with van der Waals surface area (Å²) in [5.41, 5.74) is -1.61. The first-order valence-corrected chi connectivity index (χ1v) is 8.44. The highest BCUT2D eigenvalue weighted by Gasteiger charge is 2.37. The van der Waals surface area contributed by atoms with Crippen molar-refractivity contribution in [3.8, 4) is 0 Å². The second kappa shape index (κ2) is 7.52. The first-order chi connectivity index (χ1) is 12.6. The van der Waals surface area contributed by atoms with Crippen molar-refractivity contribution in [1.29, 1.82) is 0 Å². The molecule has 1 fully saturated rings. The van der Waals surface area contributed by atoms with Crippen LogP contribution in [0.15, 0.2) is 48.5 Å². The first-order valence-electron chi connectivity index (χ1n) is 8.44. The van der Waals surface area contributed by atoms with E-state index in [-0.39, 0.29) is 30.3 Å². The molecule has 0 saturated carbocycles. The molecule has 0 radical (unpaired) electrons. The van der Waals surface area contributed by atoms with E-state index in [4.69, 9.17) is 0 Å². The fraction of sp³-hybridized carbons (Fsp3) is 0.368. The molecule has 0 bridgehead atoms. The molecule has 2 unspecified atom stereocenters. The topological polar surface area (TPSA) is 24.1 Å². The van der Waals surface area contributed by atoms with Crippen LogP contribution in [-0.4, -0.2) is 12.6 Å². The number of alkyl halides is 6. The number of rotatable bonds is 4. The highest BCUT2D eigenvalue weighted by atomic mass is 19.4. The van der Waals surface area contributed by atoms with Gasteiger partial charge in [-0.15, -0.1) is 0 Å². The van der Waals surface area contributed by atoms with Crippen LogP contribution in [0.3, 0.4) is 0 Å². The third kappa shape index (κ3) is 4.81. The molecule has 0 aliphatic carbocycles. The normalized spacial score (nSPS) is 20.8. The quantitative estimate of drug-likeness (QED) is 0.727. The Morgan fingerprint density at radius 1 is 0.889 bits per heavy atom. The first kappa shape index (κ1) is 19.7. The van der Waals surface area contributed by atoms with Gasteiger partial charge in [0.25, 0.3) is 0 Å². The molecule has 3 rings (SSSR count). The second-order valence-electron chi connectivity index (χ2n) is 6.53. The third-order valence-electron chi connectivity index (χ3n) is 4.60. The number of benzene rings is 2. The average Bonchev–Trinajstić information content (AvgIpc) is 3.07. The lowest BCUT2D eigenvalue weighted by Gasteiger charge is -2.22. The molecule has 2 N–H and O–H groups in total. The Kier molecular flexibility index (Phi) is 5.48. The number of hydrogen-bond donors (Lipinski definition) is 2. The van der Waals surface area contributed by atoms with Gasteiger partial charge in [0.05, 0.1) is 11.1 Å². The second-order valence-corrected chi connectivity index (χ2v) is 6.53. The standard InChI is InChI=1S/C19H18F6N2/c20-18(21,22)14-8-12(9-15(10-14)19(23,24)25)11-27-16-6-7-26-17(16)13-4-2-1-3-5-13/h1-5,8-10,16-17,26-27H,6-7,11H2. The summed E-state index contributed by atoms with van der Waals surface area (Å²) >= 11 is 0. The van der Waals surface area contributed by atoms with E-state index in [9.17, 15) is 26.3 Å². The molecule has 2 nitrogen and oxygen atoms in total. The van der Waals surface area contributed by atoms with Crippen molar-refractivity contribution >= 4 is 0 Å². The summed E-state index contributed by atoms with van der Waals surface area (Å²) in [6, 6.07) is 11.1. The lowest BCUT2D eigenvalue weighted by molar-refractivity contribution is -0.143. The van der Waals surface area contributed by atoms with E-state index in [1.165, 1.54) is 0 Å². The molecule has 0 spiro atoms. The van der Waals surface area contributed by atoms with Crippen molar-refractivity contribution in [2.75, 3.05) is 6.54 Å². The summed E-state index contributed by atoms with van der Waals surface area (Å²) < 4.78 is 77.8. The van der Waals surface area contributed by atoms with Gasteiger partial charge < -0.3 is 10.6 Å². The monoisotopic (exact) mass is 388 g/mol. The molecule has 2 aromatic rings. The fourth-order valence-electron chi connectivity index (χ4n) is 3.30. The van der Waals surface area contributed by atoms with E-state index in [0.29, 0.717) is 6.54 Å². The average molecular weight is 388 g/mol. The van der Waals surface area contributed by atoms with Crippen LogP contribution in [0.1, 0.15) is 34.7 Å². The van der Waals surface area contributed by atoms with Gasteiger partial charge in [-0.05, 0) is 42.3 Å². The van der Waals surface area contributed by atoms with Crippen molar-refractivity contribution in [3.63, 3.8) is 0 Å². The van der Waals surface area contributed by atoms with Gasteiger partial charge in [0.1, 0.15) is 0 Å². The molecule has 1 aliphatic rings. The van der Waals surface area contributed by atoms with Gasteiger partial charge in [-0.3, -0.25) is 0 Å². The van der Waals surface area contributed by atoms with Crippen molar-refractivity contribution in [1.82, 2.24) is 10.6 Å². The maximum Gasteiger partial charge on any atom is 0.416 e. The Labute approximate surface area is 152 Å². The smallest absolute Gasteiger partial charge is 0.309 e. The number of halogens is 6. The lowest BCUT2D eigenvalue weighted by atomic mass is 10.00. The summed E-state index contributed by atoms with van der Waals surface area (Å²) in [5, 5.41) is 6.41. The summed E-state index contributed by atoms with van der Waals surface area (Å²) in [4.78, 5) is 0. The van der Waals surface area contributed by atoms with E-state index < -0.39 is 23.5 Å². The van der Waals surface area contributed by atoms with Gasteiger partial charge in [-0.25, -0.2) is 0 Å². The van der Waals surface area contributed by atoms with Crippen LogP contribution >= 0.6 is 0 Å². The molecular weight excluding hydrogens is 370 g/mol. The molecule has 0 amide bonds. The van der Waals surface area contributed by atoms with Gasteiger partial charge in [0.15, 0.2) is 0 Å². The van der Waals surface area contributed by atoms with Crippen molar-refractivity contribution in [2.24, 2.45) is 0 Å². The minimum Gasteiger partial charge on any atom is -0.309 e. The predicted molar refractivity (Wildman–Crippen MR) is 88.9 cm³/mol. The molecule has 2 atom stereocenters. The number of nitrogens with one attached hydrogen (secondary N) is 2. The molecule has 146 valence electrons. The Morgan fingerprint density at radius 2 is 1.48 bits per heavy atom. The zero-order chi connectivity index (χ0) is 19.7. The summed E-state index contributed by atoms with van der Waals surface area (Å²) in [6.45, 7) is 0.635. The van der Waals surface area contributed by atoms with Crippen molar-refractivity contribution in [2.45, 2.75) is 37.4 Å². The highest BCUT2D eigenvalue weighted by molar-refractivity contribution is 5.34. The molecule has 1 saturated heterocycles. The molecule has 27 heavy (non-hydrogen) atoms. The van der Waals surface area contributed by atoms with Crippen LogP contribution in [0.5, 0.6) is 0 Å². The Hall–Kier alpha value is -2.06. The van der Waals surface area contributed by atoms with Gasteiger partial charge >= 0.3 is 12.4 Å². The van der Waals surface area contributed by atoms with Crippen LogP contribution in [0.2, 0.25) is 0 Å². The maximum atomic E-state index is 13.0. The van der Waals surface area contributed by atoms with Crippen molar-refractivity contribution < 1.29 is 26.3 Å². The molecular formula is C19H18F6N2. The van der Waals surface area contributed by atoms with E-state index in [0.717, 1.165) is 24.1 Å². The van der Waals surface area contributed by atoms with Crippen LogP contribution < -0.4 is 10.6 Å². The molecule has 1 aliphatic heterocycles. The van der Waals surface area contributed by atoms with Gasteiger partial charge in [-0.1, -0.05) is 30.3 Å². The minimum atomic E-state index is -4.84. The summed E-state index contributed by atoms with van der Waals surface area (Å²) in [6.07, 6.45) is -8.94. The lowest BCUT2D eigenvalue weighted by Crippen LogP contribution is -2.34. The molecule has 8 heteroatoms. The third-order valence-corrected chi connectivity index (χ3v) is 4.60. The van der Waals surface area contributed by atoms with E-state index in [2.05, 4.69) is 10.6 Å². The van der Waals surface area contributed by atoms with Crippen molar-refractivity contribution in [3.05, 3.63) is 70.8 Å². The Bertz CT molecular complexity index is 738. The maximum absolute atomic E-state index is 13.0. The zero-order valence-electron chi connectivity index (χ0n) is 14.2. The highest BCUT2D eigenvalue weighted by Crippen LogP contribution is 2.36. The van der Waals surface area contributed by atoms with Gasteiger partial charge in [0.2, 0.25) is 0 Å². The molecule has 2 aromatic carbocycles. The number of hydrogen-bond acceptors (Lipinski definition) is 2. The predicted octanol–water partition coefficient (Wildman–Crippen LogP) is 4.92. The van der Waals surface area contributed by atoms with E-state index >= 15 is 0 Å². The van der Waals surface area contributed by atoms with E-state index in [1.807, 2.05) is 30.3 Å². The minimum absolute atomic E-state index is 0.0425. The van der Waals surface area contributed by atoms with Crippen LogP contribution in [0, 0.1) is 0 Å². The van der Waals surface area contributed by atoms with Gasteiger partial charge in [-0.2, -0.15) is 26.3 Å². The summed E-state index contributed by atoms with van der Waals surface area (Å²) in [7, 11) is 0. The molecule has 1 heterocycles. The van der Waals surface area contributed by atoms with Crippen LogP contribution in [0.25, 0.3) is 0 Å². The SMILES string of the molecule is FC(F)(F)c1cc(CNC2CCNC2c2ccccc2)cc(C(F)(F)F)c1. The Morgan fingerprint density at radius 3 is 2.04 bits per heavy atom. The summed E-state index contributed by atoms with van der Waals surface area (Å²) in [5.74, 6) is 0. The molecule has 0 aromatic heterocycles. The largest absolute Gasteiger partial charge is 0.416 e.